The Morgan fingerprint density at radius 3 is 2.50 bits per heavy atom. The van der Waals surface area contributed by atoms with Gasteiger partial charge in [-0.2, -0.15) is 0 Å². The first-order valence-electron chi connectivity index (χ1n) is 6.72. The molecule has 5 nitrogen and oxygen atoms in total. The summed E-state index contributed by atoms with van der Waals surface area (Å²) in [5.41, 5.74) is 2.65. The Kier molecular flexibility index (Phi) is 5.55. The number of rotatable bonds is 5. The van der Waals surface area contributed by atoms with E-state index in [1.807, 2.05) is 39.0 Å². The summed E-state index contributed by atoms with van der Waals surface area (Å²) in [5, 5.41) is 14.4. The van der Waals surface area contributed by atoms with Crippen molar-refractivity contribution in [3.63, 3.8) is 0 Å². The van der Waals surface area contributed by atoms with Crippen molar-refractivity contribution < 1.29 is 14.7 Å². The molecule has 0 saturated carbocycles. The molecule has 1 aromatic carbocycles. The summed E-state index contributed by atoms with van der Waals surface area (Å²) < 4.78 is 0. The Labute approximate surface area is 119 Å². The van der Waals surface area contributed by atoms with Crippen molar-refractivity contribution in [1.29, 1.82) is 0 Å². The smallest absolute Gasteiger partial charge is 0.326 e. The number of carbonyl (C=O) groups is 2. The van der Waals surface area contributed by atoms with Crippen LogP contribution in [-0.2, 0) is 4.79 Å². The topological polar surface area (TPSA) is 78.4 Å². The summed E-state index contributed by atoms with van der Waals surface area (Å²) >= 11 is 0. The van der Waals surface area contributed by atoms with Gasteiger partial charge in [0.05, 0.1) is 0 Å². The van der Waals surface area contributed by atoms with E-state index in [1.54, 1.807) is 6.92 Å². The average molecular weight is 278 g/mol. The quantitative estimate of drug-likeness (QED) is 0.775. The highest BCUT2D eigenvalue weighted by atomic mass is 16.4. The van der Waals surface area contributed by atoms with Crippen molar-refractivity contribution in [2.75, 3.05) is 5.32 Å². The molecular formula is C15H22N2O3. The van der Waals surface area contributed by atoms with Crippen LogP contribution in [0.4, 0.5) is 10.5 Å². The van der Waals surface area contributed by atoms with Gasteiger partial charge in [-0.05, 0) is 37.0 Å². The second kappa shape index (κ2) is 6.93. The molecule has 2 amide bonds. The molecular weight excluding hydrogens is 256 g/mol. The molecule has 2 atom stereocenters. The van der Waals surface area contributed by atoms with Crippen LogP contribution in [0.2, 0.25) is 0 Å². The molecule has 0 aliphatic rings. The molecule has 0 spiro atoms. The zero-order valence-corrected chi connectivity index (χ0v) is 12.4. The fourth-order valence-electron chi connectivity index (χ4n) is 1.85. The summed E-state index contributed by atoms with van der Waals surface area (Å²) in [6.45, 7) is 7.52. The van der Waals surface area contributed by atoms with Gasteiger partial charge in [0.2, 0.25) is 0 Å². The number of carboxylic acids is 1. The second-order valence-electron chi connectivity index (χ2n) is 5.12. The van der Waals surface area contributed by atoms with E-state index >= 15 is 0 Å². The highest BCUT2D eigenvalue weighted by Crippen LogP contribution is 2.16. The number of hydrogen-bond acceptors (Lipinski definition) is 2. The van der Waals surface area contributed by atoms with Crippen molar-refractivity contribution >= 4 is 17.7 Å². The first kappa shape index (κ1) is 16.0. The standard InChI is InChI=1S/C15H22N2O3/c1-5-10(3)13(14(18)19)17-15(20)16-12-8-9(2)6-7-11(12)4/h6-8,10,13H,5H2,1-4H3,(H,18,19)(H2,16,17,20)/t10-,13+/m1/s1. The molecule has 1 rings (SSSR count). The molecule has 3 N–H and O–H groups in total. The van der Waals surface area contributed by atoms with Gasteiger partial charge in [-0.25, -0.2) is 9.59 Å². The fourth-order valence-corrected chi connectivity index (χ4v) is 1.85. The molecule has 0 heterocycles. The molecule has 0 saturated heterocycles. The van der Waals surface area contributed by atoms with Gasteiger partial charge in [-0.15, -0.1) is 0 Å². The van der Waals surface area contributed by atoms with Crippen LogP contribution >= 0.6 is 0 Å². The Balaban J connectivity index is 2.75. The van der Waals surface area contributed by atoms with Crippen LogP contribution in [-0.4, -0.2) is 23.1 Å². The summed E-state index contributed by atoms with van der Waals surface area (Å²) in [4.78, 5) is 23.1. The lowest BCUT2D eigenvalue weighted by Crippen LogP contribution is -2.46. The molecule has 0 bridgehead atoms. The van der Waals surface area contributed by atoms with E-state index in [4.69, 9.17) is 5.11 Å². The fraction of sp³-hybridized carbons (Fsp3) is 0.467. The van der Waals surface area contributed by atoms with E-state index in [1.165, 1.54) is 0 Å². The predicted octanol–water partition coefficient (Wildman–Crippen LogP) is 2.92. The number of aryl methyl sites for hydroxylation is 2. The largest absolute Gasteiger partial charge is 0.480 e. The van der Waals surface area contributed by atoms with Crippen LogP contribution in [0.1, 0.15) is 31.4 Å². The number of benzene rings is 1. The normalized spacial score (nSPS) is 13.4. The monoisotopic (exact) mass is 278 g/mol. The number of anilines is 1. The molecule has 0 radical (unpaired) electrons. The Morgan fingerprint density at radius 2 is 1.95 bits per heavy atom. The summed E-state index contributed by atoms with van der Waals surface area (Å²) in [6.07, 6.45) is 0.681. The SMILES string of the molecule is CC[C@@H](C)[C@H](NC(=O)Nc1cc(C)ccc1C)C(=O)O. The van der Waals surface area contributed by atoms with Crippen LogP contribution < -0.4 is 10.6 Å². The molecule has 20 heavy (non-hydrogen) atoms. The van der Waals surface area contributed by atoms with Gasteiger partial charge in [-0.3, -0.25) is 0 Å². The van der Waals surface area contributed by atoms with E-state index in [9.17, 15) is 9.59 Å². The minimum Gasteiger partial charge on any atom is -0.480 e. The van der Waals surface area contributed by atoms with E-state index in [0.717, 1.165) is 11.1 Å². The van der Waals surface area contributed by atoms with Crippen molar-refractivity contribution in [3.8, 4) is 0 Å². The lowest BCUT2D eigenvalue weighted by atomic mass is 9.99. The van der Waals surface area contributed by atoms with E-state index in [0.29, 0.717) is 12.1 Å². The maximum Gasteiger partial charge on any atom is 0.326 e. The maximum absolute atomic E-state index is 11.9. The zero-order chi connectivity index (χ0) is 15.3. The minimum atomic E-state index is -1.02. The molecule has 0 aliphatic carbocycles. The van der Waals surface area contributed by atoms with Crippen LogP contribution in [0.5, 0.6) is 0 Å². The maximum atomic E-state index is 11.9. The Hall–Kier alpha value is -2.04. The van der Waals surface area contributed by atoms with E-state index in [-0.39, 0.29) is 5.92 Å². The molecule has 0 aromatic heterocycles. The first-order valence-corrected chi connectivity index (χ1v) is 6.72. The first-order chi connectivity index (χ1) is 9.35. The number of carbonyl (C=O) groups excluding carboxylic acids is 1. The third kappa shape index (κ3) is 4.26. The number of aliphatic carboxylic acids is 1. The van der Waals surface area contributed by atoms with E-state index < -0.39 is 18.0 Å². The summed E-state index contributed by atoms with van der Waals surface area (Å²) in [6, 6.07) is 4.34. The molecule has 5 heteroatoms. The van der Waals surface area contributed by atoms with Gasteiger partial charge in [0.15, 0.2) is 0 Å². The van der Waals surface area contributed by atoms with Gasteiger partial charge in [0, 0.05) is 5.69 Å². The lowest BCUT2D eigenvalue weighted by Gasteiger charge is -2.20. The number of carboxylic acid groups (broad SMARTS) is 1. The van der Waals surface area contributed by atoms with Crippen molar-refractivity contribution in [1.82, 2.24) is 5.32 Å². The molecule has 1 aromatic rings. The van der Waals surface area contributed by atoms with Crippen molar-refractivity contribution in [3.05, 3.63) is 29.3 Å². The van der Waals surface area contributed by atoms with Crippen LogP contribution in [0, 0.1) is 19.8 Å². The lowest BCUT2D eigenvalue weighted by molar-refractivity contribution is -0.140. The third-order valence-corrected chi connectivity index (χ3v) is 3.41. The van der Waals surface area contributed by atoms with Crippen LogP contribution in [0.25, 0.3) is 0 Å². The second-order valence-corrected chi connectivity index (χ2v) is 5.12. The van der Waals surface area contributed by atoms with Gasteiger partial charge < -0.3 is 15.7 Å². The number of hydrogen-bond donors (Lipinski definition) is 3. The zero-order valence-electron chi connectivity index (χ0n) is 12.4. The number of nitrogens with one attached hydrogen (secondary N) is 2. The molecule has 110 valence electrons. The van der Waals surface area contributed by atoms with Gasteiger partial charge in [0.1, 0.15) is 6.04 Å². The highest BCUT2D eigenvalue weighted by molar-refractivity contribution is 5.93. The average Bonchev–Trinajstić information content (AvgIpc) is 2.39. The Morgan fingerprint density at radius 1 is 1.30 bits per heavy atom. The molecule has 0 unspecified atom stereocenters. The predicted molar refractivity (Wildman–Crippen MR) is 78.9 cm³/mol. The van der Waals surface area contributed by atoms with Gasteiger partial charge in [0.25, 0.3) is 0 Å². The number of amides is 2. The van der Waals surface area contributed by atoms with Gasteiger partial charge in [-0.1, -0.05) is 32.4 Å². The third-order valence-electron chi connectivity index (χ3n) is 3.41. The summed E-state index contributed by atoms with van der Waals surface area (Å²) in [5.74, 6) is -1.15. The van der Waals surface area contributed by atoms with Crippen molar-refractivity contribution in [2.24, 2.45) is 5.92 Å². The Bertz CT molecular complexity index is 500. The van der Waals surface area contributed by atoms with Crippen molar-refractivity contribution in [2.45, 2.75) is 40.2 Å². The highest BCUT2D eigenvalue weighted by Gasteiger charge is 2.25. The summed E-state index contributed by atoms with van der Waals surface area (Å²) in [7, 11) is 0. The van der Waals surface area contributed by atoms with Gasteiger partial charge >= 0.3 is 12.0 Å². The minimum absolute atomic E-state index is 0.128. The van der Waals surface area contributed by atoms with Crippen LogP contribution in [0.3, 0.4) is 0 Å². The van der Waals surface area contributed by atoms with E-state index in [2.05, 4.69) is 10.6 Å². The molecule has 0 aliphatic heterocycles. The molecule has 0 fully saturated rings. The van der Waals surface area contributed by atoms with Crippen LogP contribution in [0.15, 0.2) is 18.2 Å². The number of urea groups is 1.